The molecule has 2 aliphatic heterocycles. The van der Waals surface area contributed by atoms with E-state index in [1.165, 1.54) is 5.56 Å². The van der Waals surface area contributed by atoms with Crippen LogP contribution in [0.25, 0.3) is 0 Å². The van der Waals surface area contributed by atoms with Crippen LogP contribution in [0.4, 0.5) is 5.69 Å². The summed E-state index contributed by atoms with van der Waals surface area (Å²) in [5, 5.41) is 18.2. The lowest BCUT2D eigenvalue weighted by Gasteiger charge is -2.36. The van der Waals surface area contributed by atoms with Crippen LogP contribution in [0.2, 0.25) is 0 Å². The van der Waals surface area contributed by atoms with Crippen molar-refractivity contribution in [2.24, 2.45) is 0 Å². The van der Waals surface area contributed by atoms with Gasteiger partial charge in [-0.25, -0.2) is 0 Å². The van der Waals surface area contributed by atoms with Gasteiger partial charge in [0, 0.05) is 100 Å². The molecule has 9 heteroatoms. The Balaban J connectivity index is 1.26. The zero-order valence-electron chi connectivity index (χ0n) is 25.6. The fraction of sp³-hybridized carbons (Fsp3) is 0.656. The molecule has 2 fully saturated rings. The fourth-order valence-electron chi connectivity index (χ4n) is 5.81. The summed E-state index contributed by atoms with van der Waals surface area (Å²) < 4.78 is 0. The van der Waals surface area contributed by atoms with Crippen molar-refractivity contribution >= 4 is 11.6 Å². The molecule has 0 atom stereocenters. The Morgan fingerprint density at radius 3 is 1.88 bits per heavy atom. The van der Waals surface area contributed by atoms with Gasteiger partial charge in [-0.15, -0.1) is 0 Å². The van der Waals surface area contributed by atoms with Gasteiger partial charge in [0.25, 0.3) is 0 Å². The molecule has 1 amide bonds. The predicted molar refractivity (Wildman–Crippen MR) is 163 cm³/mol. The van der Waals surface area contributed by atoms with Crippen molar-refractivity contribution < 1.29 is 15.0 Å². The lowest BCUT2D eigenvalue weighted by molar-refractivity contribution is -0.134. The number of aromatic nitrogens is 2. The molecule has 9 nitrogen and oxygen atoms in total. The van der Waals surface area contributed by atoms with E-state index < -0.39 is 6.61 Å². The first-order valence-corrected chi connectivity index (χ1v) is 15.2. The first-order chi connectivity index (χ1) is 19.6. The summed E-state index contributed by atoms with van der Waals surface area (Å²) in [6.07, 6.45) is 6.88. The van der Waals surface area contributed by atoms with Crippen molar-refractivity contribution in [3.8, 4) is 0 Å². The van der Waals surface area contributed by atoms with E-state index in [1.54, 1.807) is 4.90 Å². The second-order valence-corrected chi connectivity index (χ2v) is 12.9. The van der Waals surface area contributed by atoms with Gasteiger partial charge in [0.05, 0.1) is 11.9 Å². The van der Waals surface area contributed by atoms with Crippen LogP contribution in [0.15, 0.2) is 36.7 Å². The Hall–Kier alpha value is -2.59. The molecule has 4 rings (SSSR count). The van der Waals surface area contributed by atoms with Crippen molar-refractivity contribution in [1.29, 1.82) is 0 Å². The maximum atomic E-state index is 11.7. The molecule has 2 N–H and O–H groups in total. The van der Waals surface area contributed by atoms with Crippen LogP contribution in [0.5, 0.6) is 0 Å². The monoisotopic (exact) mass is 566 g/mol. The number of hydrogen-bond acceptors (Lipinski definition) is 8. The molecule has 2 aliphatic rings. The average Bonchev–Trinajstić information content (AvgIpc) is 3.00. The number of carbonyl (C=O) groups excluding carboxylic acids is 1. The number of piperazine rings is 2. The molecule has 4 heterocycles. The molecular formula is C32H50N6O3. The molecule has 0 bridgehead atoms. The van der Waals surface area contributed by atoms with Crippen LogP contribution < -0.4 is 4.90 Å². The highest BCUT2D eigenvalue weighted by Gasteiger charge is 2.29. The van der Waals surface area contributed by atoms with E-state index in [0.29, 0.717) is 13.1 Å². The number of pyridine rings is 2. The Labute approximate surface area is 246 Å². The van der Waals surface area contributed by atoms with E-state index in [-0.39, 0.29) is 23.3 Å². The number of nitrogens with zero attached hydrogens (tertiary/aromatic N) is 6. The third kappa shape index (κ3) is 8.47. The van der Waals surface area contributed by atoms with Crippen molar-refractivity contribution in [2.45, 2.75) is 64.3 Å². The maximum Gasteiger partial charge on any atom is 0.248 e. The average molecular weight is 567 g/mol. The second kappa shape index (κ2) is 14.1. The molecule has 0 unspecified atom stereocenters. The third-order valence-electron chi connectivity index (χ3n) is 8.97. The van der Waals surface area contributed by atoms with E-state index in [2.05, 4.69) is 72.9 Å². The van der Waals surface area contributed by atoms with E-state index >= 15 is 0 Å². The quantitative estimate of drug-likeness (QED) is 0.405. The Morgan fingerprint density at radius 1 is 0.780 bits per heavy atom. The van der Waals surface area contributed by atoms with Gasteiger partial charge in [0.2, 0.25) is 5.91 Å². The largest absolute Gasteiger partial charge is 0.396 e. The third-order valence-corrected chi connectivity index (χ3v) is 8.97. The minimum absolute atomic E-state index is 0.0419. The molecule has 0 spiro atoms. The molecule has 41 heavy (non-hydrogen) atoms. The van der Waals surface area contributed by atoms with E-state index in [9.17, 15) is 4.79 Å². The van der Waals surface area contributed by atoms with Gasteiger partial charge in [-0.1, -0.05) is 33.8 Å². The van der Waals surface area contributed by atoms with Crippen molar-refractivity contribution in [1.82, 2.24) is 24.7 Å². The molecule has 0 radical (unpaired) electrons. The maximum absolute atomic E-state index is 11.7. The minimum atomic E-state index is -0.422. The highest BCUT2D eigenvalue weighted by atomic mass is 16.3. The van der Waals surface area contributed by atoms with Crippen molar-refractivity contribution in [2.75, 3.05) is 77.0 Å². The van der Waals surface area contributed by atoms with Crippen molar-refractivity contribution in [3.05, 3.63) is 53.6 Å². The zero-order valence-corrected chi connectivity index (χ0v) is 25.6. The molecular weight excluding hydrogens is 516 g/mol. The topological polar surface area (TPSA) is 96.3 Å². The van der Waals surface area contributed by atoms with E-state index in [4.69, 9.17) is 20.2 Å². The summed E-state index contributed by atoms with van der Waals surface area (Å²) in [7, 11) is 0. The number of amides is 1. The van der Waals surface area contributed by atoms with E-state index in [1.807, 2.05) is 6.20 Å². The summed E-state index contributed by atoms with van der Waals surface area (Å²) in [6, 6.07) is 8.75. The van der Waals surface area contributed by atoms with Gasteiger partial charge in [0.1, 0.15) is 6.61 Å². The Morgan fingerprint density at radius 2 is 1.37 bits per heavy atom. The van der Waals surface area contributed by atoms with Crippen LogP contribution in [-0.2, 0) is 22.2 Å². The standard InChI is InChI=1S/C32H50N6O3/c1-31(2,28-8-6-26(22-33-28)24-36-15-13-35(14-16-36)12-5-21-39)10-11-32(3,4)29-9-7-27(23-34-29)37-17-19-38(20-18-37)30(41)25-40/h6-9,22-23,39-40H,5,10-21,24-25H2,1-4H3. The summed E-state index contributed by atoms with van der Waals surface area (Å²) in [4.78, 5) is 30.4. The Bertz CT molecular complexity index is 1090. The molecule has 2 aromatic heterocycles. The summed E-state index contributed by atoms with van der Waals surface area (Å²) >= 11 is 0. The predicted octanol–water partition coefficient (Wildman–Crippen LogP) is 2.65. The second-order valence-electron chi connectivity index (χ2n) is 12.9. The number of anilines is 1. The summed E-state index contributed by atoms with van der Waals surface area (Å²) in [5.74, 6) is -0.200. The lowest BCUT2D eigenvalue weighted by atomic mass is 9.75. The Kier molecular flexibility index (Phi) is 10.7. The van der Waals surface area contributed by atoms with Gasteiger partial charge in [-0.2, -0.15) is 0 Å². The van der Waals surface area contributed by atoms with Gasteiger partial charge in [-0.3, -0.25) is 19.7 Å². The molecule has 0 aromatic carbocycles. The van der Waals surface area contributed by atoms with Gasteiger partial charge in [0.15, 0.2) is 0 Å². The summed E-state index contributed by atoms with van der Waals surface area (Å²) in [5.41, 5.74) is 4.45. The molecule has 2 aromatic rings. The van der Waals surface area contributed by atoms with Gasteiger partial charge in [-0.05, 0) is 43.0 Å². The fourth-order valence-corrected chi connectivity index (χ4v) is 5.81. The number of hydrogen-bond donors (Lipinski definition) is 2. The van der Waals surface area contributed by atoms with Crippen LogP contribution in [0, 0.1) is 0 Å². The smallest absolute Gasteiger partial charge is 0.248 e. The molecule has 0 aliphatic carbocycles. The van der Waals surface area contributed by atoms with Gasteiger partial charge < -0.3 is 24.9 Å². The number of rotatable bonds is 12. The minimum Gasteiger partial charge on any atom is -0.396 e. The van der Waals surface area contributed by atoms with Crippen LogP contribution in [-0.4, -0.2) is 113 Å². The van der Waals surface area contributed by atoms with Crippen molar-refractivity contribution in [3.63, 3.8) is 0 Å². The zero-order chi connectivity index (χ0) is 29.5. The van der Waals surface area contributed by atoms with Crippen LogP contribution >= 0.6 is 0 Å². The van der Waals surface area contributed by atoms with Crippen LogP contribution in [0.3, 0.4) is 0 Å². The SMILES string of the molecule is CC(C)(CCC(C)(C)c1ccc(N2CCN(C(=O)CO)CC2)cn1)c1ccc(CN2CCN(CCCO)CC2)cn1. The highest BCUT2D eigenvalue weighted by Crippen LogP contribution is 2.35. The first-order valence-electron chi connectivity index (χ1n) is 15.2. The van der Waals surface area contributed by atoms with E-state index in [0.717, 1.165) is 88.7 Å². The highest BCUT2D eigenvalue weighted by molar-refractivity contribution is 5.77. The normalized spacial score (nSPS) is 17.7. The molecule has 0 saturated carbocycles. The first kappa shape index (κ1) is 31.3. The van der Waals surface area contributed by atoms with Crippen LogP contribution in [0.1, 0.15) is 63.9 Å². The number of aliphatic hydroxyl groups is 2. The summed E-state index contributed by atoms with van der Waals surface area (Å²) in [6.45, 7) is 17.9. The molecule has 2 saturated heterocycles. The number of carbonyl (C=O) groups is 1. The molecule has 226 valence electrons. The lowest BCUT2D eigenvalue weighted by Crippen LogP contribution is -2.49. The number of aliphatic hydroxyl groups excluding tert-OH is 2. The van der Waals surface area contributed by atoms with Gasteiger partial charge >= 0.3 is 0 Å².